The van der Waals surface area contributed by atoms with Gasteiger partial charge in [0.15, 0.2) is 5.84 Å². The van der Waals surface area contributed by atoms with Crippen LogP contribution in [0.15, 0.2) is 35.4 Å². The largest absolute Gasteiger partial charge is 0.286 e. The number of hydrogen-bond acceptors (Lipinski definition) is 3. The van der Waals surface area contributed by atoms with E-state index >= 15 is 0 Å². The van der Waals surface area contributed by atoms with E-state index in [2.05, 4.69) is 52.2 Å². The fourth-order valence-electron chi connectivity index (χ4n) is 1.79. The first-order chi connectivity index (χ1) is 6.86. The Morgan fingerprint density at radius 2 is 2.21 bits per heavy atom. The van der Waals surface area contributed by atoms with Gasteiger partial charge in [0.1, 0.15) is 8.88 Å². The first kappa shape index (κ1) is 8.01. The molecule has 1 unspecified atom stereocenters. The lowest BCUT2D eigenvalue weighted by atomic mass is 10.0. The molecule has 2 aliphatic heterocycles. The number of anilines is 1. The van der Waals surface area contributed by atoms with Crippen molar-refractivity contribution in [1.29, 1.82) is 0 Å². The Morgan fingerprint density at radius 3 is 3.14 bits per heavy atom. The molecule has 0 amide bonds. The van der Waals surface area contributed by atoms with E-state index < -0.39 is 0 Å². The molecule has 0 bridgehead atoms. The molecule has 1 aromatic carbocycles. The minimum absolute atomic E-state index is 0.530. The lowest BCUT2D eigenvalue weighted by Gasteiger charge is -2.24. The highest BCUT2D eigenvalue weighted by atomic mass is 31.1. The summed E-state index contributed by atoms with van der Waals surface area (Å²) in [5.74, 6) is 1.03. The fraction of sp³-hybridized carbons (Fsp3) is 0.100. The molecule has 0 aromatic heterocycles. The van der Waals surface area contributed by atoms with Crippen LogP contribution in [-0.2, 0) is 0 Å². The van der Waals surface area contributed by atoms with Crippen LogP contribution in [0.3, 0.4) is 0 Å². The van der Waals surface area contributed by atoms with E-state index in [1.807, 2.05) is 0 Å². The summed E-state index contributed by atoms with van der Waals surface area (Å²) in [4.78, 5) is 0. The van der Waals surface area contributed by atoms with Gasteiger partial charge in [-0.1, -0.05) is 18.2 Å². The van der Waals surface area contributed by atoms with Gasteiger partial charge in [-0.15, -0.1) is 0 Å². The third-order valence-electron chi connectivity index (χ3n) is 2.48. The third-order valence-corrected chi connectivity index (χ3v) is 3.38. The number of benzene rings is 1. The molecule has 3 nitrogen and oxygen atoms in total. The quantitative estimate of drug-likeness (QED) is 0.655. The zero-order valence-electron chi connectivity index (χ0n) is 7.78. The molecule has 0 spiro atoms. The van der Waals surface area contributed by atoms with Crippen LogP contribution in [0, 0.1) is 0 Å². The van der Waals surface area contributed by atoms with Crippen LogP contribution in [-0.4, -0.2) is 5.84 Å². The molecule has 0 saturated carbocycles. The Balaban J connectivity index is 2.24. The van der Waals surface area contributed by atoms with Gasteiger partial charge in [-0.2, -0.15) is 5.10 Å². The van der Waals surface area contributed by atoms with Gasteiger partial charge in [-0.3, -0.25) is 9.87 Å². The minimum atomic E-state index is 0.530. The van der Waals surface area contributed by atoms with Crippen molar-refractivity contribution in [3.05, 3.63) is 35.9 Å². The smallest absolute Gasteiger partial charge is 0.158 e. The number of para-hydroxylation sites is 1. The van der Waals surface area contributed by atoms with Gasteiger partial charge in [-0.05, 0) is 24.6 Å². The molecule has 1 aromatic rings. The first-order valence-corrected chi connectivity index (χ1v) is 5.47. The van der Waals surface area contributed by atoms with Crippen molar-refractivity contribution in [2.24, 2.45) is 5.10 Å². The fourth-order valence-corrected chi connectivity index (χ4v) is 2.60. The molecular weight excluding hydrogens is 193 g/mol. The number of hydrazone groups is 1. The highest BCUT2D eigenvalue weighted by molar-refractivity contribution is 7.40. The number of nitrogens with zero attached hydrogens (tertiary/aromatic N) is 2. The van der Waals surface area contributed by atoms with E-state index in [-0.39, 0.29) is 0 Å². The molecule has 2 heterocycles. The van der Waals surface area contributed by atoms with Crippen LogP contribution >= 0.6 is 8.88 Å². The predicted octanol–water partition coefficient (Wildman–Crippen LogP) is 2.34. The van der Waals surface area contributed by atoms with E-state index in [0.29, 0.717) is 8.88 Å². The average Bonchev–Trinajstić information content (AvgIpc) is 2.66. The second kappa shape index (κ2) is 2.82. The van der Waals surface area contributed by atoms with Crippen LogP contribution in [0.1, 0.15) is 12.5 Å². The molecule has 1 N–H and O–H groups in total. The highest BCUT2D eigenvalue weighted by Crippen LogP contribution is 2.39. The second-order valence-corrected chi connectivity index (χ2v) is 4.27. The van der Waals surface area contributed by atoms with Crippen molar-refractivity contribution in [2.45, 2.75) is 6.92 Å². The summed E-state index contributed by atoms with van der Waals surface area (Å²) in [5.41, 5.74) is 3.85. The van der Waals surface area contributed by atoms with E-state index in [0.717, 1.165) is 5.84 Å². The zero-order valence-corrected chi connectivity index (χ0v) is 8.78. The first-order valence-electron chi connectivity index (χ1n) is 4.52. The molecule has 0 saturated heterocycles. The molecule has 70 valence electrons. The monoisotopic (exact) mass is 203 g/mol. The SMILES string of the molecule is CC1=CC2=NNPN2c2ccccc21. The van der Waals surface area contributed by atoms with Gasteiger partial charge in [0.25, 0.3) is 0 Å². The van der Waals surface area contributed by atoms with Crippen LogP contribution in [0.2, 0.25) is 0 Å². The molecule has 2 aliphatic rings. The van der Waals surface area contributed by atoms with Crippen molar-refractivity contribution in [1.82, 2.24) is 5.20 Å². The summed E-state index contributed by atoms with van der Waals surface area (Å²) >= 11 is 0. The van der Waals surface area contributed by atoms with E-state index in [1.165, 1.54) is 16.8 Å². The third kappa shape index (κ3) is 0.992. The standard InChI is InChI=1S/C10H10N3P/c1-7-6-10-11-12-14-13(10)9-5-3-2-4-8(7)9/h2-6,12,14H,1H3. The zero-order chi connectivity index (χ0) is 9.54. The van der Waals surface area contributed by atoms with Gasteiger partial charge in [0.05, 0.1) is 5.69 Å². The van der Waals surface area contributed by atoms with Gasteiger partial charge in [0, 0.05) is 5.56 Å². The Kier molecular flexibility index (Phi) is 1.62. The number of hydrogen-bond donors (Lipinski definition) is 1. The molecule has 1 atom stereocenters. The summed E-state index contributed by atoms with van der Waals surface area (Å²) in [6, 6.07) is 8.44. The Labute approximate surface area is 84.4 Å². The number of rotatable bonds is 0. The lowest BCUT2D eigenvalue weighted by Crippen LogP contribution is -2.21. The van der Waals surface area contributed by atoms with E-state index in [4.69, 9.17) is 0 Å². The van der Waals surface area contributed by atoms with Gasteiger partial charge in [-0.25, -0.2) is 0 Å². The van der Waals surface area contributed by atoms with Crippen molar-refractivity contribution in [2.75, 3.05) is 4.67 Å². The highest BCUT2D eigenvalue weighted by Gasteiger charge is 2.24. The molecular formula is C10H10N3P. The summed E-state index contributed by atoms with van der Waals surface area (Å²) in [6.45, 7) is 2.13. The average molecular weight is 203 g/mol. The Bertz CT molecular complexity index is 450. The van der Waals surface area contributed by atoms with E-state index in [1.54, 1.807) is 0 Å². The van der Waals surface area contributed by atoms with Crippen LogP contribution < -0.4 is 9.87 Å². The number of fused-ring (bicyclic) bond motifs is 3. The van der Waals surface area contributed by atoms with Gasteiger partial charge in [0.2, 0.25) is 0 Å². The molecule has 0 aliphatic carbocycles. The van der Waals surface area contributed by atoms with Crippen molar-refractivity contribution in [3.63, 3.8) is 0 Å². The molecule has 0 radical (unpaired) electrons. The van der Waals surface area contributed by atoms with Crippen LogP contribution in [0.4, 0.5) is 5.69 Å². The van der Waals surface area contributed by atoms with Gasteiger partial charge >= 0.3 is 0 Å². The molecule has 14 heavy (non-hydrogen) atoms. The van der Waals surface area contributed by atoms with E-state index in [9.17, 15) is 0 Å². The lowest BCUT2D eigenvalue weighted by molar-refractivity contribution is 1.13. The summed E-state index contributed by atoms with van der Waals surface area (Å²) in [5, 5.41) is 7.26. The molecule has 4 heteroatoms. The summed E-state index contributed by atoms with van der Waals surface area (Å²) in [6.07, 6.45) is 2.12. The predicted molar refractivity (Wildman–Crippen MR) is 61.5 cm³/mol. The number of amidine groups is 1. The summed E-state index contributed by atoms with van der Waals surface area (Å²) in [7, 11) is 0.530. The maximum atomic E-state index is 4.24. The Hall–Kier alpha value is -1.34. The van der Waals surface area contributed by atoms with Crippen LogP contribution in [0.5, 0.6) is 0 Å². The van der Waals surface area contributed by atoms with Crippen molar-refractivity contribution < 1.29 is 0 Å². The van der Waals surface area contributed by atoms with Gasteiger partial charge < -0.3 is 0 Å². The number of allylic oxidation sites excluding steroid dienone is 1. The van der Waals surface area contributed by atoms with Crippen molar-refractivity contribution >= 4 is 26.0 Å². The minimum Gasteiger partial charge on any atom is -0.286 e. The second-order valence-electron chi connectivity index (χ2n) is 3.37. The maximum Gasteiger partial charge on any atom is 0.158 e. The Morgan fingerprint density at radius 1 is 1.36 bits per heavy atom. The molecule has 0 fully saturated rings. The molecule has 3 rings (SSSR count). The topological polar surface area (TPSA) is 27.6 Å². The normalized spacial score (nSPS) is 19.6. The number of nitrogens with one attached hydrogen (secondary N) is 1. The maximum absolute atomic E-state index is 4.24. The van der Waals surface area contributed by atoms with Crippen LogP contribution in [0.25, 0.3) is 5.57 Å². The van der Waals surface area contributed by atoms with Crippen molar-refractivity contribution in [3.8, 4) is 0 Å². The summed E-state index contributed by atoms with van der Waals surface area (Å²) < 4.78 is 2.21.